The van der Waals surface area contributed by atoms with E-state index in [4.69, 9.17) is 0 Å². The Labute approximate surface area is 184 Å². The van der Waals surface area contributed by atoms with Crippen molar-refractivity contribution in [3.8, 4) is 0 Å². The Bertz CT molecular complexity index is 1130. The summed E-state index contributed by atoms with van der Waals surface area (Å²) in [5.41, 5.74) is 3.39. The molecule has 3 aromatic rings. The molecule has 1 heterocycles. The van der Waals surface area contributed by atoms with Crippen LogP contribution in [-0.2, 0) is 23.0 Å². The third-order valence-corrected chi connectivity index (χ3v) is 7.42. The maximum absolute atomic E-state index is 12.6. The lowest BCUT2D eigenvalue weighted by Crippen LogP contribution is -2.37. The van der Waals surface area contributed by atoms with Crippen LogP contribution in [0.3, 0.4) is 0 Å². The minimum Gasteiger partial charge on any atom is -0.361 e. The van der Waals surface area contributed by atoms with Crippen molar-refractivity contribution in [3.05, 3.63) is 65.9 Å². The van der Waals surface area contributed by atoms with Gasteiger partial charge in [-0.05, 0) is 49.6 Å². The van der Waals surface area contributed by atoms with Crippen molar-refractivity contribution in [2.45, 2.75) is 37.8 Å². The molecule has 8 heteroatoms. The number of rotatable bonds is 8. The highest BCUT2D eigenvalue weighted by molar-refractivity contribution is 7.89. The number of nitrogens with one attached hydrogen (secondary N) is 3. The monoisotopic (exact) mass is 441 g/mol. The molecule has 0 amide bonds. The van der Waals surface area contributed by atoms with E-state index in [2.05, 4.69) is 38.9 Å². The fraction of sp³-hybridized carbons (Fsp3) is 0.348. The number of guanidine groups is 1. The zero-order valence-corrected chi connectivity index (χ0v) is 19.3. The summed E-state index contributed by atoms with van der Waals surface area (Å²) in [7, 11) is -0.133. The lowest BCUT2D eigenvalue weighted by molar-refractivity contribution is 0.410. The van der Waals surface area contributed by atoms with Crippen LogP contribution < -0.4 is 10.6 Å². The lowest BCUT2D eigenvalue weighted by Gasteiger charge is -2.21. The summed E-state index contributed by atoms with van der Waals surface area (Å²) in [6.45, 7) is 5.01. The van der Waals surface area contributed by atoms with E-state index in [1.165, 1.54) is 15.3 Å². The van der Waals surface area contributed by atoms with E-state index in [-0.39, 0.29) is 6.04 Å². The van der Waals surface area contributed by atoms with Crippen molar-refractivity contribution >= 4 is 26.9 Å². The van der Waals surface area contributed by atoms with E-state index in [1.807, 2.05) is 38.1 Å². The molecule has 0 saturated carbocycles. The number of aromatic nitrogens is 1. The van der Waals surface area contributed by atoms with Crippen molar-refractivity contribution in [2.75, 3.05) is 20.6 Å². The Morgan fingerprint density at radius 2 is 1.81 bits per heavy atom. The van der Waals surface area contributed by atoms with Crippen molar-refractivity contribution in [1.82, 2.24) is 19.9 Å². The first-order chi connectivity index (χ1) is 14.8. The van der Waals surface area contributed by atoms with Gasteiger partial charge in [-0.15, -0.1) is 0 Å². The second-order valence-corrected chi connectivity index (χ2v) is 9.72. The van der Waals surface area contributed by atoms with Crippen molar-refractivity contribution in [1.29, 1.82) is 0 Å². The number of benzene rings is 2. The number of fused-ring (bicyclic) bond motifs is 1. The zero-order valence-electron chi connectivity index (χ0n) is 18.5. The number of nitrogens with zero attached hydrogens (tertiary/aromatic N) is 2. The number of hydrogen-bond acceptors (Lipinski definition) is 3. The number of aromatic amines is 1. The predicted octanol–water partition coefficient (Wildman–Crippen LogP) is 3.10. The molecule has 0 atom stereocenters. The number of para-hydroxylation sites is 1. The SMILES string of the molecule is CN=C(NCCc1c[nH]c2ccccc12)NCc1ccc(S(=O)(=O)N(C)C(C)C)cc1. The first-order valence-electron chi connectivity index (χ1n) is 10.4. The molecule has 0 bridgehead atoms. The molecule has 1 aromatic heterocycles. The Hall–Kier alpha value is -2.84. The molecule has 0 aliphatic carbocycles. The third kappa shape index (κ3) is 5.45. The molecule has 3 N–H and O–H groups in total. The molecule has 0 fully saturated rings. The lowest BCUT2D eigenvalue weighted by atomic mass is 10.1. The Morgan fingerprint density at radius 1 is 1.10 bits per heavy atom. The van der Waals surface area contributed by atoms with E-state index in [1.54, 1.807) is 26.2 Å². The predicted molar refractivity (Wildman–Crippen MR) is 127 cm³/mol. The summed E-state index contributed by atoms with van der Waals surface area (Å²) < 4.78 is 26.5. The number of H-pyrrole nitrogens is 1. The molecule has 3 rings (SSSR count). The number of hydrogen-bond donors (Lipinski definition) is 3. The van der Waals surface area contributed by atoms with Gasteiger partial charge in [0.2, 0.25) is 10.0 Å². The normalized spacial score (nSPS) is 12.6. The molecule has 2 aromatic carbocycles. The van der Waals surface area contributed by atoms with Crippen molar-refractivity contribution in [2.24, 2.45) is 4.99 Å². The second-order valence-electron chi connectivity index (χ2n) is 7.72. The number of aliphatic imine (C=N–C) groups is 1. The molecule has 31 heavy (non-hydrogen) atoms. The largest absolute Gasteiger partial charge is 0.361 e. The van der Waals surface area contributed by atoms with Crippen LogP contribution in [0.5, 0.6) is 0 Å². The average Bonchev–Trinajstić information content (AvgIpc) is 3.19. The maximum atomic E-state index is 12.6. The minimum absolute atomic E-state index is 0.0926. The van der Waals surface area contributed by atoms with Crippen LogP contribution >= 0.6 is 0 Å². The summed E-state index contributed by atoms with van der Waals surface area (Å²) in [6, 6.07) is 15.1. The van der Waals surface area contributed by atoms with Gasteiger partial charge in [0.15, 0.2) is 5.96 Å². The minimum atomic E-state index is -3.47. The molecule has 7 nitrogen and oxygen atoms in total. The average molecular weight is 442 g/mol. The molecular formula is C23H31N5O2S. The van der Waals surface area contributed by atoms with Crippen LogP contribution in [0.4, 0.5) is 0 Å². The van der Waals surface area contributed by atoms with Crippen LogP contribution in [0.2, 0.25) is 0 Å². The topological polar surface area (TPSA) is 89.6 Å². The van der Waals surface area contributed by atoms with Crippen LogP contribution in [-0.4, -0.2) is 50.3 Å². The zero-order chi connectivity index (χ0) is 22.4. The smallest absolute Gasteiger partial charge is 0.243 e. The van der Waals surface area contributed by atoms with Gasteiger partial charge in [0, 0.05) is 50.3 Å². The van der Waals surface area contributed by atoms with Crippen molar-refractivity contribution in [3.63, 3.8) is 0 Å². The summed E-state index contributed by atoms with van der Waals surface area (Å²) in [5, 5.41) is 7.84. The summed E-state index contributed by atoms with van der Waals surface area (Å²) >= 11 is 0. The highest BCUT2D eigenvalue weighted by atomic mass is 32.2. The quantitative estimate of drug-likeness (QED) is 0.370. The Balaban J connectivity index is 1.52. The van der Waals surface area contributed by atoms with Gasteiger partial charge in [-0.3, -0.25) is 4.99 Å². The number of sulfonamides is 1. The van der Waals surface area contributed by atoms with Gasteiger partial charge in [0.1, 0.15) is 0 Å². The molecule has 0 spiro atoms. The van der Waals surface area contributed by atoms with Gasteiger partial charge in [-0.2, -0.15) is 4.31 Å². The van der Waals surface area contributed by atoms with E-state index in [0.717, 1.165) is 24.0 Å². The van der Waals surface area contributed by atoms with Crippen LogP contribution in [0.25, 0.3) is 10.9 Å². The van der Waals surface area contributed by atoms with Crippen LogP contribution in [0, 0.1) is 0 Å². The van der Waals surface area contributed by atoms with E-state index in [0.29, 0.717) is 17.4 Å². The van der Waals surface area contributed by atoms with E-state index >= 15 is 0 Å². The summed E-state index contributed by atoms with van der Waals surface area (Å²) in [6.07, 6.45) is 2.93. The first-order valence-corrected chi connectivity index (χ1v) is 11.8. The van der Waals surface area contributed by atoms with Crippen molar-refractivity contribution < 1.29 is 8.42 Å². The van der Waals surface area contributed by atoms with E-state index in [9.17, 15) is 8.42 Å². The fourth-order valence-electron chi connectivity index (χ4n) is 3.28. The molecule has 0 saturated heterocycles. The molecule has 0 radical (unpaired) electrons. The van der Waals surface area contributed by atoms with Gasteiger partial charge >= 0.3 is 0 Å². The maximum Gasteiger partial charge on any atom is 0.243 e. The molecule has 166 valence electrons. The molecule has 0 aliphatic rings. The fourth-order valence-corrected chi connectivity index (χ4v) is 4.65. The molecule has 0 aliphatic heterocycles. The van der Waals surface area contributed by atoms with Crippen LogP contribution in [0.1, 0.15) is 25.0 Å². The Morgan fingerprint density at radius 3 is 2.48 bits per heavy atom. The second kappa shape index (κ2) is 9.98. The van der Waals surface area contributed by atoms with Gasteiger partial charge in [0.05, 0.1) is 4.90 Å². The summed E-state index contributed by atoms with van der Waals surface area (Å²) in [5.74, 6) is 0.705. The summed E-state index contributed by atoms with van der Waals surface area (Å²) in [4.78, 5) is 7.86. The van der Waals surface area contributed by atoms with Gasteiger partial charge in [-0.1, -0.05) is 30.3 Å². The van der Waals surface area contributed by atoms with Gasteiger partial charge in [-0.25, -0.2) is 8.42 Å². The van der Waals surface area contributed by atoms with Crippen LogP contribution in [0.15, 0.2) is 64.6 Å². The first kappa shape index (κ1) is 22.8. The van der Waals surface area contributed by atoms with Gasteiger partial charge < -0.3 is 15.6 Å². The molecular weight excluding hydrogens is 410 g/mol. The highest BCUT2D eigenvalue weighted by Crippen LogP contribution is 2.18. The van der Waals surface area contributed by atoms with E-state index < -0.39 is 10.0 Å². The third-order valence-electron chi connectivity index (χ3n) is 5.37. The van der Waals surface area contributed by atoms with Gasteiger partial charge in [0.25, 0.3) is 0 Å². The highest BCUT2D eigenvalue weighted by Gasteiger charge is 2.22. The molecule has 0 unspecified atom stereocenters. The standard InChI is InChI=1S/C23H31N5O2S/c1-17(2)28(4)31(29,30)20-11-9-18(10-12-20)15-27-23(24-3)25-14-13-19-16-26-22-8-6-5-7-21(19)22/h5-12,16-17,26H,13-15H2,1-4H3,(H2,24,25,27). The Kier molecular flexibility index (Phi) is 7.35.